The number of carbonyl (C=O) groups excluding carboxylic acids is 3. The van der Waals surface area contributed by atoms with Crippen LogP contribution in [0.5, 0.6) is 0 Å². The van der Waals surface area contributed by atoms with E-state index in [4.69, 9.17) is 5.84 Å². The molecule has 0 aromatic heterocycles. The van der Waals surface area contributed by atoms with E-state index >= 15 is 0 Å². The third kappa shape index (κ3) is 2.47. The fourth-order valence-corrected chi connectivity index (χ4v) is 2.30. The van der Waals surface area contributed by atoms with Crippen LogP contribution < -0.4 is 16.6 Å². The number of carbonyl (C=O) groups is 3. The molecule has 1 atom stereocenters. The number of nitrogens with one attached hydrogen (secondary N) is 2. The summed E-state index contributed by atoms with van der Waals surface area (Å²) >= 11 is 0. The quantitative estimate of drug-likeness (QED) is 0.217. The first kappa shape index (κ1) is 16.0. The van der Waals surface area contributed by atoms with E-state index in [1.54, 1.807) is 13.8 Å². The number of urea groups is 2. The van der Waals surface area contributed by atoms with Crippen LogP contribution in [0.25, 0.3) is 0 Å². The Bertz CT molecular complexity index is 426. The monoisotopic (exact) mass is 288 g/mol. The van der Waals surface area contributed by atoms with E-state index in [9.17, 15) is 19.6 Å². The van der Waals surface area contributed by atoms with Crippen LogP contribution in [0.1, 0.15) is 13.8 Å². The normalized spacial score (nSPS) is 20.9. The van der Waals surface area contributed by atoms with Crippen molar-refractivity contribution in [2.45, 2.75) is 25.6 Å². The standard InChI is InChI=1S/C10H20N6O4/c1-10(2)7(16(20)8(18)12-3)14(4)9(19)15(10)5-6(17)13-11/h7,20H,5,11H2,1-4H3,(H,12,18)(H,13,17). The summed E-state index contributed by atoms with van der Waals surface area (Å²) < 4.78 is 0. The van der Waals surface area contributed by atoms with E-state index in [2.05, 4.69) is 5.32 Å². The summed E-state index contributed by atoms with van der Waals surface area (Å²) in [7, 11) is 2.79. The third-order valence-electron chi connectivity index (χ3n) is 3.34. The molecule has 114 valence electrons. The summed E-state index contributed by atoms with van der Waals surface area (Å²) in [4.78, 5) is 37.5. The summed E-state index contributed by atoms with van der Waals surface area (Å²) in [6.07, 6.45) is -0.944. The Morgan fingerprint density at radius 1 is 1.50 bits per heavy atom. The molecule has 1 saturated heterocycles. The van der Waals surface area contributed by atoms with Crippen molar-refractivity contribution in [3.63, 3.8) is 0 Å². The molecule has 10 heteroatoms. The van der Waals surface area contributed by atoms with Crippen molar-refractivity contribution in [2.24, 2.45) is 5.84 Å². The lowest BCUT2D eigenvalue weighted by atomic mass is 10.0. The lowest BCUT2D eigenvalue weighted by Gasteiger charge is -2.37. The summed E-state index contributed by atoms with van der Waals surface area (Å²) in [5, 5.41) is 12.6. The number of amides is 5. The van der Waals surface area contributed by atoms with Gasteiger partial charge in [0.15, 0.2) is 6.17 Å². The van der Waals surface area contributed by atoms with Gasteiger partial charge in [-0.25, -0.2) is 15.4 Å². The van der Waals surface area contributed by atoms with Crippen molar-refractivity contribution in [2.75, 3.05) is 20.6 Å². The first-order chi connectivity index (χ1) is 9.18. The van der Waals surface area contributed by atoms with Gasteiger partial charge in [0.25, 0.3) is 5.91 Å². The molecule has 10 nitrogen and oxygen atoms in total. The van der Waals surface area contributed by atoms with Crippen LogP contribution in [0.15, 0.2) is 0 Å². The molecule has 0 spiro atoms. The van der Waals surface area contributed by atoms with Gasteiger partial charge >= 0.3 is 12.1 Å². The zero-order valence-corrected chi connectivity index (χ0v) is 11.9. The van der Waals surface area contributed by atoms with Gasteiger partial charge in [0.05, 0.1) is 5.54 Å². The molecule has 1 unspecified atom stereocenters. The van der Waals surface area contributed by atoms with Crippen LogP contribution in [0, 0.1) is 0 Å². The predicted molar refractivity (Wildman–Crippen MR) is 68.1 cm³/mol. The Morgan fingerprint density at radius 2 is 2.05 bits per heavy atom. The minimum absolute atomic E-state index is 0.273. The fraction of sp³-hybridized carbons (Fsp3) is 0.700. The lowest BCUT2D eigenvalue weighted by molar-refractivity contribution is -0.133. The second kappa shape index (κ2) is 5.51. The van der Waals surface area contributed by atoms with Crippen molar-refractivity contribution in [1.82, 2.24) is 25.6 Å². The number of nitrogens with zero attached hydrogens (tertiary/aromatic N) is 3. The van der Waals surface area contributed by atoms with Crippen LogP contribution in [-0.2, 0) is 4.79 Å². The second-order valence-corrected chi connectivity index (χ2v) is 4.97. The van der Waals surface area contributed by atoms with Crippen LogP contribution in [0.3, 0.4) is 0 Å². The fourth-order valence-electron chi connectivity index (χ4n) is 2.30. The van der Waals surface area contributed by atoms with E-state index in [1.165, 1.54) is 23.9 Å². The smallest absolute Gasteiger partial charge is 0.339 e. The first-order valence-corrected chi connectivity index (χ1v) is 5.92. The van der Waals surface area contributed by atoms with Gasteiger partial charge in [0.1, 0.15) is 6.54 Å². The molecule has 1 heterocycles. The van der Waals surface area contributed by atoms with Gasteiger partial charge in [-0.1, -0.05) is 0 Å². The van der Waals surface area contributed by atoms with Gasteiger partial charge in [0, 0.05) is 14.1 Å². The molecular formula is C10H20N6O4. The third-order valence-corrected chi connectivity index (χ3v) is 3.34. The molecule has 1 aliphatic heterocycles. The zero-order valence-electron chi connectivity index (χ0n) is 11.9. The van der Waals surface area contributed by atoms with Gasteiger partial charge in [-0.15, -0.1) is 0 Å². The van der Waals surface area contributed by atoms with Gasteiger partial charge < -0.3 is 15.1 Å². The molecule has 0 aromatic carbocycles. The maximum atomic E-state index is 12.2. The zero-order chi connectivity index (χ0) is 15.7. The Kier molecular flexibility index (Phi) is 4.40. The van der Waals surface area contributed by atoms with Gasteiger partial charge in [-0.3, -0.25) is 15.4 Å². The summed E-state index contributed by atoms with van der Waals surface area (Å²) in [5.41, 5.74) is 0.950. The summed E-state index contributed by atoms with van der Waals surface area (Å²) in [6.45, 7) is 2.99. The Labute approximate surface area is 116 Å². The first-order valence-electron chi connectivity index (χ1n) is 5.92. The summed E-state index contributed by atoms with van der Waals surface area (Å²) in [6, 6.07) is -1.25. The molecule has 5 N–H and O–H groups in total. The minimum Gasteiger partial charge on any atom is -0.339 e. The highest BCUT2D eigenvalue weighted by molar-refractivity contribution is 5.86. The number of likely N-dealkylation sites (N-methyl/N-ethyl adjacent to an activating group) is 1. The highest BCUT2D eigenvalue weighted by Gasteiger charge is 2.54. The molecule has 0 aromatic rings. The number of hydrazine groups is 1. The Morgan fingerprint density at radius 3 is 2.50 bits per heavy atom. The minimum atomic E-state index is -0.987. The molecule has 0 radical (unpaired) electrons. The van der Waals surface area contributed by atoms with Crippen molar-refractivity contribution < 1.29 is 19.6 Å². The molecule has 1 rings (SSSR count). The van der Waals surface area contributed by atoms with Crippen molar-refractivity contribution in [1.29, 1.82) is 0 Å². The number of hydroxylamine groups is 2. The molecule has 1 aliphatic rings. The summed E-state index contributed by atoms with van der Waals surface area (Å²) in [5.74, 6) is 4.46. The van der Waals surface area contributed by atoms with Gasteiger partial charge in [0.2, 0.25) is 0 Å². The van der Waals surface area contributed by atoms with Crippen LogP contribution in [-0.4, -0.2) is 70.4 Å². The van der Waals surface area contributed by atoms with Crippen molar-refractivity contribution in [3.05, 3.63) is 0 Å². The number of nitrogens with two attached hydrogens (primary N) is 1. The Balaban J connectivity index is 3.07. The molecule has 1 fully saturated rings. The second-order valence-electron chi connectivity index (χ2n) is 4.97. The predicted octanol–water partition coefficient (Wildman–Crippen LogP) is -1.52. The molecule has 5 amide bonds. The van der Waals surface area contributed by atoms with Crippen LogP contribution in [0.2, 0.25) is 0 Å². The number of hydrogen-bond acceptors (Lipinski definition) is 5. The number of rotatable bonds is 3. The maximum Gasteiger partial charge on any atom is 0.342 e. The van der Waals surface area contributed by atoms with Crippen LogP contribution >= 0.6 is 0 Å². The SMILES string of the molecule is CNC(=O)N(O)C1N(C)C(=O)N(CC(=O)NN)C1(C)C. The van der Waals surface area contributed by atoms with Gasteiger partial charge in [-0.05, 0) is 13.8 Å². The maximum absolute atomic E-state index is 12.2. The largest absolute Gasteiger partial charge is 0.342 e. The molecule has 0 saturated carbocycles. The van der Waals surface area contributed by atoms with E-state index in [1.807, 2.05) is 5.43 Å². The molecule has 0 aliphatic carbocycles. The topological polar surface area (TPSA) is 131 Å². The molecule has 0 bridgehead atoms. The Hall–Kier alpha value is -2.07. The average Bonchev–Trinajstić information content (AvgIpc) is 2.56. The van der Waals surface area contributed by atoms with E-state index in [-0.39, 0.29) is 6.54 Å². The van der Waals surface area contributed by atoms with Crippen molar-refractivity contribution >= 4 is 18.0 Å². The van der Waals surface area contributed by atoms with E-state index in [0.29, 0.717) is 5.06 Å². The van der Waals surface area contributed by atoms with Crippen molar-refractivity contribution in [3.8, 4) is 0 Å². The molecule has 20 heavy (non-hydrogen) atoms. The van der Waals surface area contributed by atoms with E-state index in [0.717, 1.165) is 0 Å². The lowest BCUT2D eigenvalue weighted by Crippen LogP contribution is -2.58. The van der Waals surface area contributed by atoms with Gasteiger partial charge in [-0.2, -0.15) is 5.06 Å². The molecular weight excluding hydrogens is 268 g/mol. The highest BCUT2D eigenvalue weighted by atomic mass is 16.5. The van der Waals surface area contributed by atoms with Crippen LogP contribution in [0.4, 0.5) is 9.59 Å². The highest BCUT2D eigenvalue weighted by Crippen LogP contribution is 2.32. The van der Waals surface area contributed by atoms with E-state index < -0.39 is 29.7 Å². The average molecular weight is 288 g/mol. The number of hydrogen-bond donors (Lipinski definition) is 4.